The maximum atomic E-state index is 13.0. The number of hydrogen-bond donors (Lipinski definition) is 1. The van der Waals surface area contributed by atoms with Gasteiger partial charge in [0.2, 0.25) is 15.9 Å². The first-order chi connectivity index (χ1) is 12.8. The van der Waals surface area contributed by atoms with Crippen LogP contribution in [-0.4, -0.2) is 61.8 Å². The number of aryl methyl sites for hydroxylation is 2. The van der Waals surface area contributed by atoms with Crippen LogP contribution in [0.1, 0.15) is 43.7 Å². The minimum Gasteiger partial charge on any atom is -0.352 e. The van der Waals surface area contributed by atoms with Gasteiger partial charge >= 0.3 is 0 Å². The first-order valence-corrected chi connectivity index (χ1v) is 11.3. The fourth-order valence-corrected chi connectivity index (χ4v) is 5.74. The number of benzene rings is 1. The summed E-state index contributed by atoms with van der Waals surface area (Å²) < 4.78 is 27.5. The predicted molar refractivity (Wildman–Crippen MR) is 106 cm³/mol. The van der Waals surface area contributed by atoms with Crippen molar-refractivity contribution in [2.45, 2.75) is 63.4 Å². The van der Waals surface area contributed by atoms with Gasteiger partial charge in [-0.1, -0.05) is 30.5 Å². The molecule has 0 spiro atoms. The van der Waals surface area contributed by atoms with Gasteiger partial charge in [0.25, 0.3) is 0 Å². The van der Waals surface area contributed by atoms with E-state index in [2.05, 4.69) is 10.2 Å². The summed E-state index contributed by atoms with van der Waals surface area (Å²) in [6.07, 6.45) is 4.52. The van der Waals surface area contributed by atoms with Crippen molar-refractivity contribution in [2.75, 3.05) is 26.2 Å². The molecule has 1 aromatic carbocycles. The number of nitrogens with zero attached hydrogens (tertiary/aromatic N) is 2. The Balaban J connectivity index is 1.59. The van der Waals surface area contributed by atoms with Crippen molar-refractivity contribution in [1.29, 1.82) is 0 Å². The van der Waals surface area contributed by atoms with Crippen LogP contribution in [0.4, 0.5) is 0 Å². The molecule has 150 valence electrons. The average Bonchev–Trinajstić information content (AvgIpc) is 3.14. The van der Waals surface area contributed by atoms with Crippen LogP contribution in [0.5, 0.6) is 0 Å². The third kappa shape index (κ3) is 4.52. The topological polar surface area (TPSA) is 69.7 Å². The molecule has 1 aliphatic heterocycles. The Morgan fingerprint density at radius 3 is 2.33 bits per heavy atom. The van der Waals surface area contributed by atoms with Crippen LogP contribution in [0.3, 0.4) is 0 Å². The Bertz CT molecular complexity index is 780. The molecule has 1 unspecified atom stereocenters. The second-order valence-corrected chi connectivity index (χ2v) is 9.78. The number of sulfonamides is 1. The van der Waals surface area contributed by atoms with Crippen LogP contribution in [0.15, 0.2) is 23.1 Å². The van der Waals surface area contributed by atoms with Gasteiger partial charge in [-0.15, -0.1) is 0 Å². The average molecular weight is 394 g/mol. The Labute approximate surface area is 163 Å². The largest absolute Gasteiger partial charge is 0.352 e. The van der Waals surface area contributed by atoms with Crippen molar-refractivity contribution in [3.63, 3.8) is 0 Å². The van der Waals surface area contributed by atoms with Gasteiger partial charge in [-0.05, 0) is 45.2 Å². The van der Waals surface area contributed by atoms with Gasteiger partial charge in [0.15, 0.2) is 0 Å². The van der Waals surface area contributed by atoms with Crippen LogP contribution in [0.25, 0.3) is 0 Å². The van der Waals surface area contributed by atoms with Gasteiger partial charge in [-0.2, -0.15) is 4.31 Å². The van der Waals surface area contributed by atoms with E-state index in [1.54, 1.807) is 10.4 Å². The van der Waals surface area contributed by atoms with Gasteiger partial charge in [0.05, 0.1) is 10.9 Å². The molecule has 1 N–H and O–H groups in total. The third-order valence-corrected chi connectivity index (χ3v) is 7.91. The van der Waals surface area contributed by atoms with Crippen molar-refractivity contribution in [3.05, 3.63) is 29.3 Å². The van der Waals surface area contributed by atoms with Crippen LogP contribution in [0.2, 0.25) is 0 Å². The van der Waals surface area contributed by atoms with E-state index in [-0.39, 0.29) is 11.9 Å². The Morgan fingerprint density at radius 1 is 1.11 bits per heavy atom. The highest BCUT2D eigenvalue weighted by Gasteiger charge is 2.33. The smallest absolute Gasteiger partial charge is 0.243 e. The minimum absolute atomic E-state index is 0.0626. The molecule has 1 aromatic rings. The zero-order valence-electron chi connectivity index (χ0n) is 16.6. The lowest BCUT2D eigenvalue weighted by molar-refractivity contribution is -0.127. The van der Waals surface area contributed by atoms with Gasteiger partial charge in [0, 0.05) is 32.2 Å². The molecule has 1 atom stereocenters. The number of nitrogens with one attached hydrogen (secondary N) is 1. The molecule has 2 aliphatic rings. The Hall–Kier alpha value is -1.44. The predicted octanol–water partition coefficient (Wildman–Crippen LogP) is 2.06. The SMILES string of the molecule is Cc1ccc(S(=O)(=O)N2CCN(C(C)C(=O)NC3CCCC3)CC2)c(C)c1. The fourth-order valence-electron chi connectivity index (χ4n) is 4.12. The first-order valence-electron chi connectivity index (χ1n) is 9.91. The summed E-state index contributed by atoms with van der Waals surface area (Å²) in [5.41, 5.74) is 1.83. The minimum atomic E-state index is -3.49. The lowest BCUT2D eigenvalue weighted by atomic mass is 10.2. The van der Waals surface area contributed by atoms with Crippen molar-refractivity contribution in [1.82, 2.24) is 14.5 Å². The van der Waals surface area contributed by atoms with Crippen molar-refractivity contribution in [2.24, 2.45) is 0 Å². The second kappa shape index (κ2) is 8.29. The molecule has 3 rings (SSSR count). The number of hydrogen-bond acceptors (Lipinski definition) is 4. The van der Waals surface area contributed by atoms with E-state index in [0.29, 0.717) is 37.1 Å². The lowest BCUT2D eigenvalue weighted by Gasteiger charge is -2.37. The van der Waals surface area contributed by atoms with E-state index in [4.69, 9.17) is 0 Å². The summed E-state index contributed by atoms with van der Waals surface area (Å²) in [6.45, 7) is 7.69. The van der Waals surface area contributed by atoms with E-state index < -0.39 is 10.0 Å². The molecule has 0 bridgehead atoms. The zero-order chi connectivity index (χ0) is 19.6. The summed E-state index contributed by atoms with van der Waals surface area (Å²) in [4.78, 5) is 15.0. The van der Waals surface area contributed by atoms with Gasteiger partial charge in [0.1, 0.15) is 0 Å². The van der Waals surface area contributed by atoms with Gasteiger partial charge in [-0.25, -0.2) is 8.42 Å². The molecule has 7 heteroatoms. The molecule has 1 aliphatic carbocycles. The lowest BCUT2D eigenvalue weighted by Crippen LogP contribution is -2.55. The highest BCUT2D eigenvalue weighted by Crippen LogP contribution is 2.23. The Morgan fingerprint density at radius 2 is 1.74 bits per heavy atom. The van der Waals surface area contributed by atoms with E-state index in [9.17, 15) is 13.2 Å². The van der Waals surface area contributed by atoms with Crippen LogP contribution < -0.4 is 5.32 Å². The van der Waals surface area contributed by atoms with Crippen molar-refractivity contribution >= 4 is 15.9 Å². The monoisotopic (exact) mass is 393 g/mol. The summed E-state index contributed by atoms with van der Waals surface area (Å²) in [5.74, 6) is 0.0626. The number of carbonyl (C=O) groups is 1. The highest BCUT2D eigenvalue weighted by atomic mass is 32.2. The summed E-state index contributed by atoms with van der Waals surface area (Å²) in [6, 6.07) is 5.52. The quantitative estimate of drug-likeness (QED) is 0.831. The van der Waals surface area contributed by atoms with Crippen molar-refractivity contribution < 1.29 is 13.2 Å². The molecule has 0 radical (unpaired) electrons. The maximum Gasteiger partial charge on any atom is 0.243 e. The van der Waals surface area contributed by atoms with Crippen LogP contribution in [0, 0.1) is 13.8 Å². The fraction of sp³-hybridized carbons (Fsp3) is 0.650. The van der Waals surface area contributed by atoms with Crippen LogP contribution in [-0.2, 0) is 14.8 Å². The number of rotatable bonds is 5. The standard InChI is InChI=1S/C20H31N3O3S/c1-15-8-9-19(16(2)14-15)27(25,26)23-12-10-22(11-13-23)17(3)20(24)21-18-6-4-5-7-18/h8-9,14,17-18H,4-7,10-13H2,1-3H3,(H,21,24). The molecule has 1 heterocycles. The molecule has 27 heavy (non-hydrogen) atoms. The van der Waals surface area contributed by atoms with E-state index in [0.717, 1.165) is 24.0 Å². The molecule has 2 fully saturated rings. The van der Waals surface area contributed by atoms with Gasteiger partial charge < -0.3 is 5.32 Å². The summed E-state index contributed by atoms with van der Waals surface area (Å²) in [5, 5.41) is 3.14. The molecule has 6 nitrogen and oxygen atoms in total. The molecular formula is C20H31N3O3S. The number of carbonyl (C=O) groups excluding carboxylic acids is 1. The third-order valence-electron chi connectivity index (χ3n) is 5.85. The molecule has 1 amide bonds. The molecular weight excluding hydrogens is 362 g/mol. The molecule has 1 saturated carbocycles. The summed E-state index contributed by atoms with van der Waals surface area (Å²) in [7, 11) is -3.49. The Kier molecular flexibility index (Phi) is 6.23. The first kappa shape index (κ1) is 20.3. The zero-order valence-corrected chi connectivity index (χ0v) is 17.4. The maximum absolute atomic E-state index is 13.0. The molecule has 1 saturated heterocycles. The number of piperazine rings is 1. The van der Waals surface area contributed by atoms with E-state index >= 15 is 0 Å². The van der Waals surface area contributed by atoms with Gasteiger partial charge in [-0.3, -0.25) is 9.69 Å². The highest BCUT2D eigenvalue weighted by molar-refractivity contribution is 7.89. The second-order valence-electron chi connectivity index (χ2n) is 7.87. The number of amides is 1. The van der Waals surface area contributed by atoms with E-state index in [1.807, 2.05) is 32.9 Å². The van der Waals surface area contributed by atoms with E-state index in [1.165, 1.54) is 12.8 Å². The van der Waals surface area contributed by atoms with Crippen molar-refractivity contribution in [3.8, 4) is 0 Å². The van der Waals surface area contributed by atoms with Crippen LogP contribution >= 0.6 is 0 Å². The molecule has 0 aromatic heterocycles. The summed E-state index contributed by atoms with van der Waals surface area (Å²) >= 11 is 0. The normalized spacial score (nSPS) is 21.3.